The van der Waals surface area contributed by atoms with Crippen molar-refractivity contribution in [2.24, 2.45) is 5.73 Å². The van der Waals surface area contributed by atoms with Crippen molar-refractivity contribution < 1.29 is 9.59 Å². The lowest BCUT2D eigenvalue weighted by atomic mass is 10.1. The highest BCUT2D eigenvalue weighted by Gasteiger charge is 2.26. The third-order valence-electron chi connectivity index (χ3n) is 4.13. The number of rotatable bonds is 4. The van der Waals surface area contributed by atoms with E-state index in [9.17, 15) is 9.59 Å². The number of aryl methyl sites for hydroxylation is 1. The second kappa shape index (κ2) is 5.72. The molecule has 0 saturated heterocycles. The molecule has 1 aliphatic rings. The number of primary amides is 1. The first-order valence-corrected chi connectivity index (χ1v) is 8.47. The largest absolute Gasteiger partial charge is 0.365 e. The first kappa shape index (κ1) is 14.8. The van der Waals surface area contributed by atoms with Crippen molar-refractivity contribution >= 4 is 39.2 Å². The Morgan fingerprint density at radius 1 is 1.29 bits per heavy atom. The second-order valence-corrected chi connectivity index (χ2v) is 6.81. The van der Waals surface area contributed by atoms with Crippen LogP contribution in [0.5, 0.6) is 0 Å². The summed E-state index contributed by atoms with van der Waals surface area (Å²) in [5, 5.41) is 11.4. The zero-order valence-corrected chi connectivity index (χ0v) is 13.6. The van der Waals surface area contributed by atoms with E-state index in [4.69, 9.17) is 5.73 Å². The number of para-hydroxylation sites is 1. The van der Waals surface area contributed by atoms with Crippen LogP contribution in [0.25, 0.3) is 11.0 Å². The number of nitrogens with two attached hydrogens (primary N) is 1. The number of fused-ring (bicyclic) bond motifs is 2. The van der Waals surface area contributed by atoms with E-state index >= 15 is 0 Å². The predicted octanol–water partition coefficient (Wildman–Crippen LogP) is 1.72. The molecule has 0 atom stereocenters. The third kappa shape index (κ3) is 2.44. The molecule has 8 heteroatoms. The molecule has 3 N–H and O–H groups in total. The maximum atomic E-state index is 12.4. The maximum absolute atomic E-state index is 12.4. The van der Waals surface area contributed by atoms with Gasteiger partial charge in [-0.15, -0.1) is 16.4 Å². The molecule has 0 spiro atoms. The summed E-state index contributed by atoms with van der Waals surface area (Å²) in [6.45, 7) is 0.0290. The summed E-state index contributed by atoms with van der Waals surface area (Å²) in [6.07, 6.45) is 2.80. The molecule has 0 saturated carbocycles. The van der Waals surface area contributed by atoms with Crippen LogP contribution in [-0.2, 0) is 24.2 Å². The zero-order valence-electron chi connectivity index (χ0n) is 12.8. The molecule has 0 aliphatic heterocycles. The van der Waals surface area contributed by atoms with Crippen molar-refractivity contribution in [3.63, 3.8) is 0 Å². The minimum Gasteiger partial charge on any atom is -0.365 e. The van der Waals surface area contributed by atoms with Gasteiger partial charge in [0.2, 0.25) is 5.91 Å². The average Bonchev–Trinajstić information content (AvgIpc) is 3.21. The van der Waals surface area contributed by atoms with Gasteiger partial charge in [-0.3, -0.25) is 9.59 Å². The van der Waals surface area contributed by atoms with Gasteiger partial charge in [-0.25, -0.2) is 4.68 Å². The van der Waals surface area contributed by atoms with Crippen molar-refractivity contribution in [2.45, 2.75) is 25.8 Å². The van der Waals surface area contributed by atoms with Crippen molar-refractivity contribution in [2.75, 3.05) is 5.32 Å². The minimum absolute atomic E-state index is 0.0290. The molecule has 2 heterocycles. The molecule has 122 valence electrons. The number of nitrogens with one attached hydrogen (secondary N) is 1. The normalized spacial score (nSPS) is 13.2. The Morgan fingerprint density at radius 3 is 2.96 bits per heavy atom. The van der Waals surface area contributed by atoms with Crippen LogP contribution in [-0.4, -0.2) is 26.8 Å². The van der Waals surface area contributed by atoms with Crippen LogP contribution < -0.4 is 11.1 Å². The van der Waals surface area contributed by atoms with Crippen LogP contribution in [0.1, 0.15) is 27.2 Å². The van der Waals surface area contributed by atoms with E-state index in [2.05, 4.69) is 15.6 Å². The summed E-state index contributed by atoms with van der Waals surface area (Å²) in [6, 6.07) is 7.44. The summed E-state index contributed by atoms with van der Waals surface area (Å²) < 4.78 is 1.54. The Balaban J connectivity index is 1.58. The maximum Gasteiger partial charge on any atom is 0.251 e. The molecular weight excluding hydrogens is 326 g/mol. The van der Waals surface area contributed by atoms with Gasteiger partial charge in [0, 0.05) is 4.88 Å². The summed E-state index contributed by atoms with van der Waals surface area (Å²) in [7, 11) is 0. The summed E-state index contributed by atoms with van der Waals surface area (Å²) in [5.74, 6) is -0.746. The first-order chi connectivity index (χ1) is 11.6. The molecule has 3 aromatic rings. The van der Waals surface area contributed by atoms with E-state index in [0.717, 1.165) is 40.7 Å². The van der Waals surface area contributed by atoms with E-state index in [0.29, 0.717) is 10.6 Å². The molecule has 1 aromatic carbocycles. The molecule has 2 aromatic heterocycles. The molecule has 1 aliphatic carbocycles. The van der Waals surface area contributed by atoms with Crippen LogP contribution in [0.4, 0.5) is 5.00 Å². The predicted molar refractivity (Wildman–Crippen MR) is 91.0 cm³/mol. The van der Waals surface area contributed by atoms with Gasteiger partial charge in [-0.1, -0.05) is 17.3 Å². The first-order valence-electron chi connectivity index (χ1n) is 7.66. The number of hydrogen-bond acceptors (Lipinski definition) is 5. The Bertz CT molecular complexity index is 959. The second-order valence-electron chi connectivity index (χ2n) is 5.71. The SMILES string of the molecule is NC(=O)c1c(NC(=O)Cn2nnc3ccccc32)sc2c1CCC2. The van der Waals surface area contributed by atoms with Gasteiger partial charge in [0.1, 0.15) is 17.1 Å². The fourth-order valence-electron chi connectivity index (χ4n) is 3.09. The highest BCUT2D eigenvalue weighted by Crippen LogP contribution is 2.38. The molecule has 0 unspecified atom stereocenters. The number of anilines is 1. The van der Waals surface area contributed by atoms with Gasteiger partial charge in [-0.05, 0) is 37.0 Å². The Morgan fingerprint density at radius 2 is 2.12 bits per heavy atom. The molecule has 24 heavy (non-hydrogen) atoms. The summed E-state index contributed by atoms with van der Waals surface area (Å²) in [4.78, 5) is 25.3. The fraction of sp³-hybridized carbons (Fsp3) is 0.250. The standard InChI is InChI=1S/C16H15N5O2S/c17-15(23)14-9-4-3-7-12(9)24-16(14)18-13(22)8-21-11-6-2-1-5-10(11)19-20-21/h1-2,5-6H,3-4,7-8H2,(H2,17,23)(H,18,22). The topological polar surface area (TPSA) is 103 Å². The Kier molecular flexibility index (Phi) is 3.53. The van der Waals surface area contributed by atoms with Crippen LogP contribution >= 0.6 is 11.3 Å². The van der Waals surface area contributed by atoms with E-state index in [1.54, 1.807) is 0 Å². The van der Waals surface area contributed by atoms with Crippen molar-refractivity contribution in [1.29, 1.82) is 0 Å². The van der Waals surface area contributed by atoms with Crippen molar-refractivity contribution in [3.05, 3.63) is 40.3 Å². The monoisotopic (exact) mass is 341 g/mol. The zero-order chi connectivity index (χ0) is 16.7. The number of carbonyl (C=O) groups is 2. The lowest BCUT2D eigenvalue weighted by Gasteiger charge is -2.06. The van der Waals surface area contributed by atoms with E-state index in [-0.39, 0.29) is 12.5 Å². The molecular formula is C16H15N5O2S. The molecule has 4 rings (SSSR count). The van der Waals surface area contributed by atoms with Crippen molar-refractivity contribution in [3.8, 4) is 0 Å². The summed E-state index contributed by atoms with van der Waals surface area (Å²) >= 11 is 1.44. The van der Waals surface area contributed by atoms with Crippen LogP contribution in [0.15, 0.2) is 24.3 Å². The highest BCUT2D eigenvalue weighted by molar-refractivity contribution is 7.17. The van der Waals surface area contributed by atoms with Crippen LogP contribution in [0.2, 0.25) is 0 Å². The van der Waals surface area contributed by atoms with E-state index in [1.807, 2.05) is 24.3 Å². The fourth-order valence-corrected chi connectivity index (χ4v) is 4.40. The number of aromatic nitrogens is 3. The van der Waals surface area contributed by atoms with Gasteiger partial charge in [-0.2, -0.15) is 0 Å². The van der Waals surface area contributed by atoms with Crippen LogP contribution in [0.3, 0.4) is 0 Å². The van der Waals surface area contributed by atoms with Crippen molar-refractivity contribution in [1.82, 2.24) is 15.0 Å². The number of hydrogen-bond donors (Lipinski definition) is 2. The van der Waals surface area contributed by atoms with Gasteiger partial charge < -0.3 is 11.1 Å². The Labute approximate surface area is 141 Å². The van der Waals surface area contributed by atoms with Gasteiger partial charge in [0.15, 0.2) is 0 Å². The Hall–Kier alpha value is -2.74. The van der Waals surface area contributed by atoms with E-state index in [1.165, 1.54) is 16.0 Å². The molecule has 0 fully saturated rings. The lowest BCUT2D eigenvalue weighted by molar-refractivity contribution is -0.116. The quantitative estimate of drug-likeness (QED) is 0.754. The van der Waals surface area contributed by atoms with Crippen LogP contribution in [0, 0.1) is 0 Å². The van der Waals surface area contributed by atoms with Gasteiger partial charge in [0.25, 0.3) is 5.91 Å². The molecule has 0 radical (unpaired) electrons. The number of amides is 2. The number of benzene rings is 1. The molecule has 0 bridgehead atoms. The van der Waals surface area contributed by atoms with Gasteiger partial charge >= 0.3 is 0 Å². The number of carbonyl (C=O) groups excluding carboxylic acids is 2. The number of nitrogens with zero attached hydrogens (tertiary/aromatic N) is 3. The smallest absolute Gasteiger partial charge is 0.251 e. The summed E-state index contributed by atoms with van der Waals surface area (Å²) in [5.41, 5.74) is 8.49. The van der Waals surface area contributed by atoms with Gasteiger partial charge in [0.05, 0.1) is 11.1 Å². The highest BCUT2D eigenvalue weighted by atomic mass is 32.1. The average molecular weight is 341 g/mol. The van der Waals surface area contributed by atoms with E-state index < -0.39 is 5.91 Å². The lowest BCUT2D eigenvalue weighted by Crippen LogP contribution is -2.21. The third-order valence-corrected chi connectivity index (χ3v) is 5.34. The minimum atomic E-state index is -0.490. The number of thiophene rings is 1. The molecule has 7 nitrogen and oxygen atoms in total. The molecule has 2 amide bonds.